The number of carbonyl (C=O) groups excluding carboxylic acids is 3. The van der Waals surface area contributed by atoms with Crippen molar-refractivity contribution in [2.75, 3.05) is 0 Å². The van der Waals surface area contributed by atoms with Gasteiger partial charge in [-0.3, -0.25) is 20.2 Å². The molecule has 90 valence electrons. The molecule has 4 amide bonds. The molecule has 1 rings (SSSR count). The van der Waals surface area contributed by atoms with Gasteiger partial charge in [0.1, 0.15) is 5.41 Å². The van der Waals surface area contributed by atoms with Crippen molar-refractivity contribution in [2.45, 2.75) is 33.6 Å². The Hall–Kier alpha value is -0.650. The first-order valence-electron chi connectivity index (χ1n) is 5.33. The molecule has 1 aliphatic heterocycles. The predicted octanol–water partition coefficient (Wildman–Crippen LogP) is 0.457. The van der Waals surface area contributed by atoms with Crippen molar-refractivity contribution in [2.24, 2.45) is 5.41 Å². The number of rotatable bonds is 3. The minimum atomic E-state index is -1.23. The third-order valence-corrected chi connectivity index (χ3v) is 2.94. The fourth-order valence-electron chi connectivity index (χ4n) is 1.99. The third kappa shape index (κ3) is 2.78. The molecule has 0 unspecified atom stereocenters. The standard InChI is InChI=1S/C11H16N2O3.Na.H/c1-4-6-7(3)11(5-2)8(14)12-10(16)13-9(11)15;;/h6H,4-5H2,1-3H3,(H2,12,13,14,15,16);;/b7-6+;;. The first-order chi connectivity index (χ1) is 7.48. The Labute approximate surface area is 123 Å². The fraction of sp³-hybridized carbons (Fsp3) is 0.545. The van der Waals surface area contributed by atoms with Crippen molar-refractivity contribution >= 4 is 47.4 Å². The van der Waals surface area contributed by atoms with Crippen LogP contribution in [-0.4, -0.2) is 47.4 Å². The summed E-state index contributed by atoms with van der Waals surface area (Å²) in [6, 6.07) is -0.747. The molecule has 0 radical (unpaired) electrons. The monoisotopic (exact) mass is 248 g/mol. The Morgan fingerprint density at radius 3 is 2.00 bits per heavy atom. The van der Waals surface area contributed by atoms with E-state index >= 15 is 0 Å². The molecule has 0 saturated carbocycles. The molecule has 1 heterocycles. The SMILES string of the molecule is CC/C=C(\C)C1(CC)C(=O)NC(=O)NC1=O.[NaH]. The Kier molecular flexibility index (Phi) is 6.09. The second-order valence-electron chi connectivity index (χ2n) is 3.79. The van der Waals surface area contributed by atoms with Gasteiger partial charge < -0.3 is 0 Å². The van der Waals surface area contributed by atoms with Gasteiger partial charge in [0.15, 0.2) is 0 Å². The van der Waals surface area contributed by atoms with E-state index in [1.807, 2.05) is 13.0 Å². The molecular weight excluding hydrogens is 231 g/mol. The van der Waals surface area contributed by atoms with Crippen LogP contribution in [0.4, 0.5) is 4.79 Å². The van der Waals surface area contributed by atoms with Crippen molar-refractivity contribution in [3.05, 3.63) is 11.6 Å². The Morgan fingerprint density at radius 2 is 1.65 bits per heavy atom. The first-order valence-corrected chi connectivity index (χ1v) is 5.33. The van der Waals surface area contributed by atoms with Crippen molar-refractivity contribution in [3.63, 3.8) is 0 Å². The number of imide groups is 2. The molecule has 0 spiro atoms. The number of amides is 4. The molecule has 0 aliphatic carbocycles. The van der Waals surface area contributed by atoms with Crippen LogP contribution in [0.15, 0.2) is 11.6 Å². The van der Waals surface area contributed by atoms with Crippen molar-refractivity contribution in [3.8, 4) is 0 Å². The van der Waals surface area contributed by atoms with E-state index in [1.165, 1.54) is 0 Å². The molecule has 1 aliphatic rings. The Morgan fingerprint density at radius 1 is 1.18 bits per heavy atom. The molecule has 17 heavy (non-hydrogen) atoms. The van der Waals surface area contributed by atoms with E-state index in [4.69, 9.17) is 0 Å². The van der Waals surface area contributed by atoms with Crippen LogP contribution < -0.4 is 10.6 Å². The van der Waals surface area contributed by atoms with E-state index < -0.39 is 23.3 Å². The second-order valence-corrected chi connectivity index (χ2v) is 3.79. The molecule has 0 aromatic carbocycles. The number of urea groups is 1. The molecule has 0 aromatic rings. The van der Waals surface area contributed by atoms with Crippen LogP contribution in [-0.2, 0) is 9.59 Å². The zero-order valence-corrected chi connectivity index (χ0v) is 9.72. The molecule has 0 aromatic heterocycles. The summed E-state index contributed by atoms with van der Waals surface area (Å²) in [6.45, 7) is 5.42. The molecule has 0 bridgehead atoms. The van der Waals surface area contributed by atoms with Crippen LogP contribution in [0.3, 0.4) is 0 Å². The summed E-state index contributed by atoms with van der Waals surface area (Å²) in [6.07, 6.45) is 2.90. The third-order valence-electron chi connectivity index (χ3n) is 2.94. The summed E-state index contributed by atoms with van der Waals surface area (Å²) in [5.41, 5.74) is -0.552. The van der Waals surface area contributed by atoms with E-state index in [0.29, 0.717) is 12.0 Å². The van der Waals surface area contributed by atoms with Gasteiger partial charge in [0.2, 0.25) is 11.8 Å². The fourth-order valence-corrected chi connectivity index (χ4v) is 1.99. The van der Waals surface area contributed by atoms with Crippen molar-refractivity contribution < 1.29 is 14.4 Å². The van der Waals surface area contributed by atoms with E-state index in [2.05, 4.69) is 10.6 Å². The number of carbonyl (C=O) groups is 3. The summed E-state index contributed by atoms with van der Waals surface area (Å²) in [5.74, 6) is -1.07. The quantitative estimate of drug-likeness (QED) is 0.433. The van der Waals surface area contributed by atoms with Crippen molar-refractivity contribution in [1.29, 1.82) is 0 Å². The number of hydrogen-bond acceptors (Lipinski definition) is 3. The number of nitrogens with one attached hydrogen (secondary N) is 2. The van der Waals surface area contributed by atoms with E-state index in [-0.39, 0.29) is 29.6 Å². The second kappa shape index (κ2) is 6.33. The van der Waals surface area contributed by atoms with Crippen LogP contribution >= 0.6 is 0 Å². The van der Waals surface area contributed by atoms with Crippen LogP contribution in [0.25, 0.3) is 0 Å². The number of hydrogen-bond donors (Lipinski definition) is 2. The average Bonchev–Trinajstić information content (AvgIpc) is 2.18. The molecular formula is C11H17N2NaO3. The first kappa shape index (κ1) is 16.4. The van der Waals surface area contributed by atoms with Crippen LogP contribution in [0.2, 0.25) is 0 Å². The summed E-state index contributed by atoms with van der Waals surface area (Å²) >= 11 is 0. The van der Waals surface area contributed by atoms with Gasteiger partial charge in [0.05, 0.1) is 0 Å². The minimum absolute atomic E-state index is 0. The van der Waals surface area contributed by atoms with E-state index in [0.717, 1.165) is 6.42 Å². The molecule has 1 saturated heterocycles. The van der Waals surface area contributed by atoms with Gasteiger partial charge in [-0.2, -0.15) is 0 Å². The van der Waals surface area contributed by atoms with E-state index in [1.54, 1.807) is 13.8 Å². The zero-order valence-electron chi connectivity index (χ0n) is 9.72. The van der Waals surface area contributed by atoms with Gasteiger partial charge in [-0.1, -0.05) is 25.5 Å². The van der Waals surface area contributed by atoms with Gasteiger partial charge in [-0.05, 0) is 19.8 Å². The van der Waals surface area contributed by atoms with Gasteiger partial charge in [-0.25, -0.2) is 4.79 Å². The maximum atomic E-state index is 11.9. The number of allylic oxidation sites excluding steroid dienone is 1. The summed E-state index contributed by atoms with van der Waals surface area (Å²) in [7, 11) is 0. The van der Waals surface area contributed by atoms with Gasteiger partial charge in [-0.15, -0.1) is 0 Å². The summed E-state index contributed by atoms with van der Waals surface area (Å²) in [5, 5.41) is 4.28. The Bertz CT molecular complexity index is 357. The molecule has 0 atom stereocenters. The van der Waals surface area contributed by atoms with Gasteiger partial charge >= 0.3 is 35.6 Å². The van der Waals surface area contributed by atoms with E-state index in [9.17, 15) is 14.4 Å². The molecule has 6 heteroatoms. The topological polar surface area (TPSA) is 75.3 Å². The average molecular weight is 248 g/mol. The zero-order chi connectivity index (χ0) is 12.3. The summed E-state index contributed by atoms with van der Waals surface area (Å²) < 4.78 is 0. The molecule has 5 nitrogen and oxygen atoms in total. The maximum absolute atomic E-state index is 11.9. The predicted molar refractivity (Wildman–Crippen MR) is 65.6 cm³/mol. The van der Waals surface area contributed by atoms with Crippen LogP contribution in [0.5, 0.6) is 0 Å². The molecule has 2 N–H and O–H groups in total. The van der Waals surface area contributed by atoms with Gasteiger partial charge in [0, 0.05) is 0 Å². The summed E-state index contributed by atoms with van der Waals surface area (Å²) in [4.78, 5) is 34.7. The van der Waals surface area contributed by atoms with Crippen molar-refractivity contribution in [1.82, 2.24) is 10.6 Å². The Balaban J connectivity index is 0.00000256. The normalized spacial score (nSPS) is 19.2. The van der Waals surface area contributed by atoms with Crippen LogP contribution in [0.1, 0.15) is 33.6 Å². The number of barbiturate groups is 1. The van der Waals surface area contributed by atoms with Gasteiger partial charge in [0.25, 0.3) is 0 Å². The molecule has 1 fully saturated rings. The van der Waals surface area contributed by atoms with Crippen LogP contribution in [0, 0.1) is 5.41 Å².